The number of hydrogen-bond donors (Lipinski definition) is 2. The molecule has 1 aromatic rings. The zero-order valence-corrected chi connectivity index (χ0v) is 9.01. The predicted octanol–water partition coefficient (Wildman–Crippen LogP) is 2.35. The zero-order chi connectivity index (χ0) is 10.4. The molecular formula is C12H19NO. The molecule has 0 radical (unpaired) electrons. The number of hydrogen-bond acceptors (Lipinski definition) is 2. The lowest BCUT2D eigenvalue weighted by atomic mass is 10.1. The molecule has 0 spiro atoms. The van der Waals surface area contributed by atoms with E-state index in [2.05, 4.69) is 37.4 Å². The standard InChI is InChI=1S/C12H19NO/c1-3-11-7-4-6-10(2)12(11)13-8-5-9-14/h4,6-7,13-14H,3,5,8-9H2,1-2H3. The largest absolute Gasteiger partial charge is 0.396 e. The Bertz CT molecular complexity index is 284. The van der Waals surface area contributed by atoms with Gasteiger partial charge in [-0.2, -0.15) is 0 Å². The van der Waals surface area contributed by atoms with Crippen molar-refractivity contribution < 1.29 is 5.11 Å². The summed E-state index contributed by atoms with van der Waals surface area (Å²) in [4.78, 5) is 0. The predicted molar refractivity (Wildman–Crippen MR) is 60.7 cm³/mol. The van der Waals surface area contributed by atoms with Gasteiger partial charge in [0.2, 0.25) is 0 Å². The molecule has 2 N–H and O–H groups in total. The topological polar surface area (TPSA) is 32.3 Å². The quantitative estimate of drug-likeness (QED) is 0.703. The number of aliphatic hydroxyl groups excluding tert-OH is 1. The second-order valence-electron chi connectivity index (χ2n) is 3.47. The first-order chi connectivity index (χ1) is 6.79. The molecule has 0 aliphatic carbocycles. The molecule has 1 rings (SSSR count). The SMILES string of the molecule is CCc1cccc(C)c1NCCCO. The Morgan fingerprint density at radius 1 is 1.36 bits per heavy atom. The number of rotatable bonds is 5. The van der Waals surface area contributed by atoms with Crippen LogP contribution in [-0.4, -0.2) is 18.3 Å². The number of anilines is 1. The van der Waals surface area contributed by atoms with Crippen LogP contribution in [0.15, 0.2) is 18.2 Å². The first-order valence-electron chi connectivity index (χ1n) is 5.22. The molecule has 0 unspecified atom stereocenters. The minimum absolute atomic E-state index is 0.250. The third kappa shape index (κ3) is 2.74. The molecule has 1 aromatic carbocycles. The van der Waals surface area contributed by atoms with Crippen LogP contribution in [0.4, 0.5) is 5.69 Å². The lowest BCUT2D eigenvalue weighted by Crippen LogP contribution is -2.06. The van der Waals surface area contributed by atoms with Gasteiger partial charge in [0.15, 0.2) is 0 Å². The molecule has 0 amide bonds. The van der Waals surface area contributed by atoms with E-state index >= 15 is 0 Å². The molecule has 0 fully saturated rings. The third-order valence-electron chi connectivity index (χ3n) is 2.38. The van der Waals surface area contributed by atoms with Crippen molar-refractivity contribution in [2.45, 2.75) is 26.7 Å². The molecule has 2 heteroatoms. The van der Waals surface area contributed by atoms with Crippen LogP contribution in [-0.2, 0) is 6.42 Å². The smallest absolute Gasteiger partial charge is 0.0447 e. The highest BCUT2D eigenvalue weighted by molar-refractivity contribution is 5.57. The van der Waals surface area contributed by atoms with Gasteiger partial charge in [-0.15, -0.1) is 0 Å². The lowest BCUT2D eigenvalue weighted by Gasteiger charge is -2.13. The summed E-state index contributed by atoms with van der Waals surface area (Å²) in [6, 6.07) is 6.35. The fourth-order valence-corrected chi connectivity index (χ4v) is 1.57. The molecule has 0 saturated heterocycles. The fraction of sp³-hybridized carbons (Fsp3) is 0.500. The van der Waals surface area contributed by atoms with Crippen LogP contribution in [0.25, 0.3) is 0 Å². The van der Waals surface area contributed by atoms with Gasteiger partial charge in [-0.1, -0.05) is 25.1 Å². The zero-order valence-electron chi connectivity index (χ0n) is 9.01. The molecular weight excluding hydrogens is 174 g/mol. The molecule has 0 atom stereocenters. The lowest BCUT2D eigenvalue weighted by molar-refractivity contribution is 0.292. The van der Waals surface area contributed by atoms with Gasteiger partial charge in [-0.25, -0.2) is 0 Å². The minimum Gasteiger partial charge on any atom is -0.396 e. The van der Waals surface area contributed by atoms with Crippen molar-refractivity contribution in [3.05, 3.63) is 29.3 Å². The van der Waals surface area contributed by atoms with E-state index in [4.69, 9.17) is 5.11 Å². The van der Waals surface area contributed by atoms with Gasteiger partial charge in [0.25, 0.3) is 0 Å². The Hall–Kier alpha value is -1.02. The maximum atomic E-state index is 8.70. The Labute approximate surface area is 86.0 Å². The van der Waals surface area contributed by atoms with E-state index < -0.39 is 0 Å². The first kappa shape index (κ1) is 11.1. The molecule has 0 aliphatic rings. The van der Waals surface area contributed by atoms with Crippen molar-refractivity contribution in [2.75, 3.05) is 18.5 Å². The summed E-state index contributed by atoms with van der Waals surface area (Å²) < 4.78 is 0. The average molecular weight is 193 g/mol. The summed E-state index contributed by atoms with van der Waals surface area (Å²) in [5.74, 6) is 0. The summed E-state index contributed by atoms with van der Waals surface area (Å²) in [5.41, 5.74) is 3.87. The van der Waals surface area contributed by atoms with Crippen LogP contribution < -0.4 is 5.32 Å². The van der Waals surface area contributed by atoms with Gasteiger partial charge in [0.1, 0.15) is 0 Å². The monoisotopic (exact) mass is 193 g/mol. The van der Waals surface area contributed by atoms with Crippen LogP contribution >= 0.6 is 0 Å². The van der Waals surface area contributed by atoms with Gasteiger partial charge in [0.05, 0.1) is 0 Å². The van der Waals surface area contributed by atoms with Crippen LogP contribution in [0.2, 0.25) is 0 Å². The number of para-hydroxylation sites is 1. The number of benzene rings is 1. The van der Waals surface area contributed by atoms with Crippen molar-refractivity contribution >= 4 is 5.69 Å². The third-order valence-corrected chi connectivity index (χ3v) is 2.38. The van der Waals surface area contributed by atoms with E-state index in [9.17, 15) is 0 Å². The fourth-order valence-electron chi connectivity index (χ4n) is 1.57. The van der Waals surface area contributed by atoms with Crippen molar-refractivity contribution in [1.29, 1.82) is 0 Å². The van der Waals surface area contributed by atoms with Crippen molar-refractivity contribution in [1.82, 2.24) is 0 Å². The highest BCUT2D eigenvalue weighted by Crippen LogP contribution is 2.20. The second kappa shape index (κ2) is 5.66. The maximum absolute atomic E-state index is 8.70. The normalized spacial score (nSPS) is 10.2. The minimum atomic E-state index is 0.250. The molecule has 2 nitrogen and oxygen atoms in total. The Kier molecular flexibility index (Phi) is 4.47. The molecule has 0 aromatic heterocycles. The van der Waals surface area contributed by atoms with Gasteiger partial charge in [-0.05, 0) is 30.9 Å². The van der Waals surface area contributed by atoms with Crippen LogP contribution in [0, 0.1) is 6.92 Å². The van der Waals surface area contributed by atoms with E-state index in [1.54, 1.807) is 0 Å². The number of aliphatic hydroxyl groups is 1. The summed E-state index contributed by atoms with van der Waals surface area (Å²) in [5, 5.41) is 12.1. The number of aryl methyl sites for hydroxylation is 2. The summed E-state index contributed by atoms with van der Waals surface area (Å²) >= 11 is 0. The van der Waals surface area contributed by atoms with E-state index in [0.717, 1.165) is 19.4 Å². The van der Waals surface area contributed by atoms with Crippen molar-refractivity contribution in [3.8, 4) is 0 Å². The summed E-state index contributed by atoms with van der Waals surface area (Å²) in [6.07, 6.45) is 1.85. The van der Waals surface area contributed by atoms with Crippen molar-refractivity contribution in [3.63, 3.8) is 0 Å². The van der Waals surface area contributed by atoms with Crippen molar-refractivity contribution in [2.24, 2.45) is 0 Å². The van der Waals surface area contributed by atoms with Crippen LogP contribution in [0.1, 0.15) is 24.5 Å². The highest BCUT2D eigenvalue weighted by atomic mass is 16.3. The van der Waals surface area contributed by atoms with Crippen LogP contribution in [0.5, 0.6) is 0 Å². The summed E-state index contributed by atoms with van der Waals surface area (Å²) in [6.45, 7) is 5.36. The van der Waals surface area contributed by atoms with Gasteiger partial charge in [0, 0.05) is 18.8 Å². The van der Waals surface area contributed by atoms with E-state index in [0.29, 0.717) is 0 Å². The number of nitrogens with one attached hydrogen (secondary N) is 1. The van der Waals surface area contributed by atoms with Gasteiger partial charge >= 0.3 is 0 Å². The Morgan fingerprint density at radius 2 is 2.14 bits per heavy atom. The van der Waals surface area contributed by atoms with E-state index in [1.807, 2.05) is 0 Å². The first-order valence-corrected chi connectivity index (χ1v) is 5.22. The van der Waals surface area contributed by atoms with E-state index in [-0.39, 0.29) is 6.61 Å². The molecule has 0 saturated carbocycles. The molecule has 78 valence electrons. The Morgan fingerprint density at radius 3 is 2.79 bits per heavy atom. The maximum Gasteiger partial charge on any atom is 0.0447 e. The Balaban J connectivity index is 2.72. The molecule has 0 bridgehead atoms. The molecule has 0 heterocycles. The molecule has 14 heavy (non-hydrogen) atoms. The van der Waals surface area contributed by atoms with Gasteiger partial charge < -0.3 is 10.4 Å². The average Bonchev–Trinajstić information content (AvgIpc) is 2.20. The molecule has 0 aliphatic heterocycles. The van der Waals surface area contributed by atoms with E-state index in [1.165, 1.54) is 16.8 Å². The highest BCUT2D eigenvalue weighted by Gasteiger charge is 2.02. The van der Waals surface area contributed by atoms with Gasteiger partial charge in [-0.3, -0.25) is 0 Å². The van der Waals surface area contributed by atoms with Crippen LogP contribution in [0.3, 0.4) is 0 Å². The summed E-state index contributed by atoms with van der Waals surface area (Å²) in [7, 11) is 0. The second-order valence-corrected chi connectivity index (χ2v) is 3.47.